The smallest absolute Gasteiger partial charge is 0.323 e. The zero-order valence-electron chi connectivity index (χ0n) is 16.4. The van der Waals surface area contributed by atoms with Gasteiger partial charge < -0.3 is 15.0 Å². The van der Waals surface area contributed by atoms with Crippen LogP contribution in [-0.4, -0.2) is 46.9 Å². The first-order valence-corrected chi connectivity index (χ1v) is 10.3. The van der Waals surface area contributed by atoms with Crippen LogP contribution in [0.25, 0.3) is 10.2 Å². The molecule has 2 aliphatic rings. The second-order valence-electron chi connectivity index (χ2n) is 7.23. The van der Waals surface area contributed by atoms with Gasteiger partial charge >= 0.3 is 6.03 Å². The summed E-state index contributed by atoms with van der Waals surface area (Å²) in [7, 11) is 1.53. The number of urea groups is 1. The van der Waals surface area contributed by atoms with E-state index in [1.165, 1.54) is 23.3 Å². The molecule has 0 unspecified atom stereocenters. The highest BCUT2D eigenvalue weighted by molar-refractivity contribution is 7.19. The normalized spacial score (nSPS) is 19.6. The maximum Gasteiger partial charge on any atom is 0.323 e. The molecule has 1 aromatic heterocycles. The third kappa shape index (κ3) is 3.27. The van der Waals surface area contributed by atoms with Gasteiger partial charge in [0, 0.05) is 12.1 Å². The lowest BCUT2D eigenvalue weighted by Crippen LogP contribution is -2.54. The number of methoxy groups -OCH3 is 1. The molecule has 154 valence electrons. The summed E-state index contributed by atoms with van der Waals surface area (Å²) in [5, 5.41) is 5.36. The highest BCUT2D eigenvalue weighted by Crippen LogP contribution is 2.28. The minimum absolute atomic E-state index is 0.0850. The quantitative estimate of drug-likeness (QED) is 0.486. The van der Waals surface area contributed by atoms with E-state index in [4.69, 9.17) is 4.74 Å². The number of fused-ring (bicyclic) bond motifs is 2. The lowest BCUT2D eigenvalue weighted by molar-refractivity contribution is -0.122. The van der Waals surface area contributed by atoms with Crippen LogP contribution in [0.3, 0.4) is 0 Å². The van der Waals surface area contributed by atoms with Crippen LogP contribution in [0.15, 0.2) is 42.5 Å². The fraction of sp³-hybridized carbons (Fsp3) is 0.182. The number of rotatable bonds is 3. The zero-order valence-corrected chi connectivity index (χ0v) is 17.2. The maximum atomic E-state index is 12.9. The van der Waals surface area contributed by atoms with Gasteiger partial charge in [0.25, 0.3) is 11.8 Å². The monoisotopic (exact) mass is 432 g/mol. The van der Waals surface area contributed by atoms with E-state index < -0.39 is 17.5 Å². The number of nitrogens with one attached hydrogen (secondary N) is 2. The van der Waals surface area contributed by atoms with Gasteiger partial charge in [-0.15, -0.1) is 11.3 Å². The number of benzene rings is 2. The van der Waals surface area contributed by atoms with E-state index in [0.29, 0.717) is 22.9 Å². The van der Waals surface area contributed by atoms with Crippen molar-refractivity contribution in [2.75, 3.05) is 13.7 Å². The van der Waals surface area contributed by atoms with E-state index in [-0.39, 0.29) is 12.5 Å². The first-order valence-electron chi connectivity index (χ1n) is 9.46. The van der Waals surface area contributed by atoms with E-state index >= 15 is 0 Å². The largest absolute Gasteiger partial charge is 0.497 e. The first-order chi connectivity index (χ1) is 15.0. The Morgan fingerprint density at radius 1 is 1.23 bits per heavy atom. The highest BCUT2D eigenvalue weighted by Gasteiger charge is 2.48. The summed E-state index contributed by atoms with van der Waals surface area (Å²) in [5.41, 5.74) is 0.588. The number of ether oxygens (including phenoxy) is 1. The van der Waals surface area contributed by atoms with Crippen molar-refractivity contribution < 1.29 is 19.1 Å². The Balaban J connectivity index is 1.47. The fourth-order valence-electron chi connectivity index (χ4n) is 3.70. The van der Waals surface area contributed by atoms with Crippen molar-refractivity contribution in [3.63, 3.8) is 0 Å². The number of thiazole rings is 1. The molecule has 1 fully saturated rings. The summed E-state index contributed by atoms with van der Waals surface area (Å²) in [6.07, 6.45) is 0. The van der Waals surface area contributed by atoms with E-state index in [2.05, 4.69) is 27.5 Å². The van der Waals surface area contributed by atoms with Crippen LogP contribution in [0.5, 0.6) is 5.75 Å². The number of hydrogen-bond acceptors (Lipinski definition) is 6. The van der Waals surface area contributed by atoms with Gasteiger partial charge in [0.1, 0.15) is 5.75 Å². The molecule has 0 radical (unpaired) electrons. The van der Waals surface area contributed by atoms with E-state index in [1.54, 1.807) is 12.1 Å². The number of nitrogens with zero attached hydrogens (tertiary/aromatic N) is 2. The topological polar surface area (TPSA) is 101 Å². The molecule has 2 N–H and O–H groups in total. The van der Waals surface area contributed by atoms with E-state index in [1.807, 2.05) is 30.3 Å². The minimum Gasteiger partial charge on any atom is -0.497 e. The third-order valence-corrected chi connectivity index (χ3v) is 6.19. The Hall–Kier alpha value is -3.90. The van der Waals surface area contributed by atoms with Crippen molar-refractivity contribution in [1.82, 2.24) is 20.5 Å². The summed E-state index contributed by atoms with van der Waals surface area (Å²) in [5.74, 6) is 5.54. The van der Waals surface area contributed by atoms with Gasteiger partial charge in [-0.25, -0.2) is 9.78 Å². The second-order valence-corrected chi connectivity index (χ2v) is 8.27. The van der Waals surface area contributed by atoms with Crippen LogP contribution in [0, 0.1) is 11.8 Å². The SMILES string of the molecule is COc1ccc2c(c1)C(=O)N(C[C@]1(C#Cc3nc4ccccc4s3)NC(=O)NC1=O)C2. The summed E-state index contributed by atoms with van der Waals surface area (Å²) < 4.78 is 6.17. The molecule has 1 saturated heterocycles. The number of para-hydroxylation sites is 1. The Labute approximate surface area is 181 Å². The van der Waals surface area contributed by atoms with E-state index in [9.17, 15) is 14.4 Å². The Morgan fingerprint density at radius 3 is 2.81 bits per heavy atom. The number of imide groups is 1. The molecule has 4 amide bonds. The number of aromatic nitrogens is 1. The van der Waals surface area contributed by atoms with Crippen LogP contribution in [0.2, 0.25) is 0 Å². The number of carbonyl (C=O) groups excluding carboxylic acids is 3. The average molecular weight is 432 g/mol. The molecule has 5 rings (SSSR count). The van der Waals surface area contributed by atoms with Gasteiger partial charge in [0.05, 0.1) is 23.9 Å². The van der Waals surface area contributed by atoms with Gasteiger partial charge in [-0.2, -0.15) is 0 Å². The molecule has 0 bridgehead atoms. The third-order valence-electron chi connectivity index (χ3n) is 5.24. The van der Waals surface area contributed by atoms with Crippen molar-refractivity contribution in [2.45, 2.75) is 12.1 Å². The average Bonchev–Trinajstić information content (AvgIpc) is 3.40. The predicted octanol–water partition coefficient (Wildman–Crippen LogP) is 1.89. The van der Waals surface area contributed by atoms with Crippen LogP contribution < -0.4 is 15.4 Å². The molecule has 0 saturated carbocycles. The van der Waals surface area contributed by atoms with Gasteiger partial charge in [-0.1, -0.05) is 24.1 Å². The minimum atomic E-state index is -1.56. The lowest BCUT2D eigenvalue weighted by atomic mass is 10.00. The van der Waals surface area contributed by atoms with Gasteiger partial charge in [0.15, 0.2) is 5.01 Å². The zero-order chi connectivity index (χ0) is 21.6. The molecule has 1 atom stereocenters. The van der Waals surface area contributed by atoms with Gasteiger partial charge in [0.2, 0.25) is 5.54 Å². The van der Waals surface area contributed by atoms with E-state index in [0.717, 1.165) is 15.8 Å². The number of amides is 4. The molecule has 9 heteroatoms. The summed E-state index contributed by atoms with van der Waals surface area (Å²) in [6.45, 7) is 0.226. The molecule has 0 aliphatic carbocycles. The lowest BCUT2D eigenvalue weighted by Gasteiger charge is -2.26. The predicted molar refractivity (Wildman–Crippen MR) is 114 cm³/mol. The van der Waals surface area contributed by atoms with Crippen molar-refractivity contribution in [1.29, 1.82) is 0 Å². The standard InChI is InChI=1S/C22H16N4O4S/c1-30-14-7-6-13-11-26(19(27)15(13)10-14)12-22(20(28)24-21(29)25-22)9-8-18-23-16-4-2-3-5-17(16)31-18/h2-7,10H,11-12H2,1H3,(H2,24,25,28,29)/t22-/m0/s1. The molecule has 31 heavy (non-hydrogen) atoms. The molecule has 2 aromatic carbocycles. The van der Waals surface area contributed by atoms with Gasteiger partial charge in [-0.05, 0) is 35.7 Å². The van der Waals surface area contributed by atoms with Crippen LogP contribution in [0.1, 0.15) is 20.9 Å². The molecule has 3 heterocycles. The van der Waals surface area contributed by atoms with Crippen LogP contribution in [0.4, 0.5) is 4.79 Å². The molecular formula is C22H16N4O4S. The molecule has 0 spiro atoms. The Morgan fingerprint density at radius 2 is 2.06 bits per heavy atom. The summed E-state index contributed by atoms with van der Waals surface area (Å²) in [4.78, 5) is 43.5. The van der Waals surface area contributed by atoms with Crippen LogP contribution >= 0.6 is 11.3 Å². The number of hydrogen-bond donors (Lipinski definition) is 2. The van der Waals surface area contributed by atoms with Crippen molar-refractivity contribution in [3.8, 4) is 17.6 Å². The molecule has 8 nitrogen and oxygen atoms in total. The second kappa shape index (κ2) is 7.11. The van der Waals surface area contributed by atoms with Crippen molar-refractivity contribution in [3.05, 3.63) is 58.6 Å². The summed E-state index contributed by atoms with van der Waals surface area (Å²) >= 11 is 1.39. The fourth-order valence-corrected chi connectivity index (χ4v) is 4.52. The molecular weight excluding hydrogens is 416 g/mol. The van der Waals surface area contributed by atoms with Crippen LogP contribution in [-0.2, 0) is 11.3 Å². The summed E-state index contributed by atoms with van der Waals surface area (Å²) in [6, 6.07) is 12.2. The first kappa shape index (κ1) is 19.1. The molecule has 2 aliphatic heterocycles. The van der Waals surface area contributed by atoms with Gasteiger partial charge in [-0.3, -0.25) is 14.9 Å². The Bertz CT molecular complexity index is 1290. The molecule has 3 aromatic rings. The Kier molecular flexibility index (Phi) is 4.38. The van der Waals surface area contributed by atoms with Crippen molar-refractivity contribution >= 4 is 39.4 Å². The highest BCUT2D eigenvalue weighted by atomic mass is 32.1. The van der Waals surface area contributed by atoms with Crippen molar-refractivity contribution in [2.24, 2.45) is 0 Å². The maximum absolute atomic E-state index is 12.9. The number of carbonyl (C=O) groups is 3.